The summed E-state index contributed by atoms with van der Waals surface area (Å²) in [7, 11) is 0. The Bertz CT molecular complexity index is 1370. The summed E-state index contributed by atoms with van der Waals surface area (Å²) in [6, 6.07) is 5.97. The Morgan fingerprint density at radius 2 is 1.82 bits per heavy atom. The number of H-pyrrole nitrogens is 1. The number of carbonyl (C=O) groups excluding carboxylic acids is 1. The molecule has 0 saturated carbocycles. The molecule has 8 nitrogen and oxygen atoms in total. The van der Waals surface area contributed by atoms with Crippen LogP contribution in [0.3, 0.4) is 0 Å². The molecule has 0 fully saturated rings. The Hall–Kier alpha value is -3.85. The molecule has 4 rings (SSSR count). The molecule has 3 N–H and O–H groups in total. The number of allylic oxidation sites excluding steroid dienone is 4. The van der Waals surface area contributed by atoms with Crippen LogP contribution in [0.1, 0.15) is 15.9 Å². The number of aromatic amines is 1. The molecule has 28 heavy (non-hydrogen) atoms. The molecule has 1 aromatic rings. The second-order valence-corrected chi connectivity index (χ2v) is 6.91. The second kappa shape index (κ2) is 6.71. The van der Waals surface area contributed by atoms with E-state index in [-0.39, 0.29) is 22.1 Å². The van der Waals surface area contributed by atoms with Gasteiger partial charge >= 0.3 is 5.97 Å². The van der Waals surface area contributed by atoms with Crippen LogP contribution in [0.25, 0.3) is 16.8 Å². The number of aromatic nitrogens is 3. The molecule has 0 atom stereocenters. The molecule has 1 aliphatic carbocycles. The van der Waals surface area contributed by atoms with Crippen molar-refractivity contribution in [1.82, 2.24) is 14.8 Å². The lowest BCUT2D eigenvalue weighted by Crippen LogP contribution is -2.47. The molecular weight excluding hydrogens is 380 g/mol. The van der Waals surface area contributed by atoms with Crippen molar-refractivity contribution in [3.8, 4) is 5.13 Å². The number of carbonyl (C=O) groups is 2. The molecule has 0 amide bonds. The van der Waals surface area contributed by atoms with Gasteiger partial charge in [-0.1, -0.05) is 23.5 Å². The fourth-order valence-corrected chi connectivity index (χ4v) is 3.58. The minimum absolute atomic E-state index is 0.0692. The summed E-state index contributed by atoms with van der Waals surface area (Å²) in [5.41, 5.74) is 0.841. The van der Waals surface area contributed by atoms with Crippen molar-refractivity contribution in [1.29, 1.82) is 5.41 Å². The third kappa shape index (κ3) is 3.14. The van der Waals surface area contributed by atoms with Crippen LogP contribution in [-0.4, -0.2) is 31.6 Å². The van der Waals surface area contributed by atoms with Crippen molar-refractivity contribution >= 4 is 34.7 Å². The maximum Gasteiger partial charge on any atom is 0.335 e. The Balaban J connectivity index is 1.90. The Kier molecular flexibility index (Phi) is 4.21. The predicted molar refractivity (Wildman–Crippen MR) is 102 cm³/mol. The SMILES string of the molecule is N=c1c(=Cc2ccc(C(=O)O)cc2)c(=O)nc2sc(=C3C=CC(=O)C=C3)[nH]n1-2. The highest BCUT2D eigenvalue weighted by molar-refractivity contribution is 7.11. The summed E-state index contributed by atoms with van der Waals surface area (Å²) >= 11 is 1.20. The summed E-state index contributed by atoms with van der Waals surface area (Å²) in [5, 5.41) is 20.8. The zero-order valence-electron chi connectivity index (χ0n) is 14.2. The average Bonchev–Trinajstić information content (AvgIpc) is 3.10. The number of ketones is 1. The van der Waals surface area contributed by atoms with Gasteiger partial charge in [-0.05, 0) is 48.1 Å². The number of carboxylic acids is 1. The van der Waals surface area contributed by atoms with Crippen molar-refractivity contribution in [3.63, 3.8) is 0 Å². The monoisotopic (exact) mass is 392 g/mol. The minimum Gasteiger partial charge on any atom is -0.478 e. The van der Waals surface area contributed by atoms with Crippen LogP contribution in [-0.2, 0) is 4.79 Å². The van der Waals surface area contributed by atoms with E-state index in [0.717, 1.165) is 5.57 Å². The van der Waals surface area contributed by atoms with Crippen molar-refractivity contribution in [3.05, 3.63) is 85.4 Å². The number of hydrogen-bond donors (Lipinski definition) is 3. The maximum atomic E-state index is 12.4. The number of aromatic carboxylic acids is 1. The van der Waals surface area contributed by atoms with Crippen molar-refractivity contribution in [2.75, 3.05) is 0 Å². The van der Waals surface area contributed by atoms with E-state index in [2.05, 4.69) is 10.1 Å². The maximum absolute atomic E-state index is 12.4. The smallest absolute Gasteiger partial charge is 0.335 e. The van der Waals surface area contributed by atoms with Gasteiger partial charge in [-0.15, -0.1) is 0 Å². The molecule has 138 valence electrons. The molecule has 3 aliphatic rings. The quantitative estimate of drug-likeness (QED) is 0.561. The summed E-state index contributed by atoms with van der Waals surface area (Å²) < 4.78 is 2.05. The molecule has 0 unspecified atom stereocenters. The fraction of sp³-hybridized carbons (Fsp3) is 0. The fourth-order valence-electron chi connectivity index (χ4n) is 2.65. The molecule has 1 aromatic carbocycles. The number of nitrogens with zero attached hydrogens (tertiary/aromatic N) is 2. The van der Waals surface area contributed by atoms with Crippen molar-refractivity contribution in [2.24, 2.45) is 0 Å². The van der Waals surface area contributed by atoms with Gasteiger partial charge in [-0.25, -0.2) is 9.48 Å². The van der Waals surface area contributed by atoms with E-state index in [9.17, 15) is 14.4 Å². The number of rotatable bonds is 2. The summed E-state index contributed by atoms with van der Waals surface area (Å²) in [6.07, 6.45) is 7.68. The largest absolute Gasteiger partial charge is 0.478 e. The summed E-state index contributed by atoms with van der Waals surface area (Å²) in [6.45, 7) is 0. The lowest BCUT2D eigenvalue weighted by molar-refractivity contribution is -0.110. The minimum atomic E-state index is -1.04. The molecule has 2 aliphatic heterocycles. The molecule has 2 heterocycles. The molecule has 0 radical (unpaired) electrons. The van der Waals surface area contributed by atoms with Gasteiger partial charge in [0.05, 0.1) is 10.8 Å². The highest BCUT2D eigenvalue weighted by Crippen LogP contribution is 2.09. The molecule has 9 heteroatoms. The van der Waals surface area contributed by atoms with Crippen LogP contribution < -0.4 is 20.9 Å². The number of carboxylic acid groups (broad SMARTS) is 1. The Labute approximate surface area is 160 Å². The highest BCUT2D eigenvalue weighted by atomic mass is 32.1. The van der Waals surface area contributed by atoms with Gasteiger partial charge in [-0.2, -0.15) is 4.98 Å². The first-order valence-corrected chi connectivity index (χ1v) is 8.90. The predicted octanol–water partition coefficient (Wildman–Crippen LogP) is -0.0878. The van der Waals surface area contributed by atoms with Crippen LogP contribution in [0.15, 0.2) is 53.4 Å². The van der Waals surface area contributed by atoms with Crippen LogP contribution >= 0.6 is 11.3 Å². The van der Waals surface area contributed by atoms with E-state index in [1.165, 1.54) is 46.4 Å². The zero-order valence-corrected chi connectivity index (χ0v) is 15.0. The van der Waals surface area contributed by atoms with Gasteiger partial charge in [-0.3, -0.25) is 20.1 Å². The van der Waals surface area contributed by atoms with E-state index < -0.39 is 11.5 Å². The van der Waals surface area contributed by atoms with E-state index in [0.29, 0.717) is 15.4 Å². The molecule has 0 bridgehead atoms. The van der Waals surface area contributed by atoms with Gasteiger partial charge in [0.15, 0.2) is 11.3 Å². The van der Waals surface area contributed by atoms with E-state index in [4.69, 9.17) is 10.5 Å². The summed E-state index contributed by atoms with van der Waals surface area (Å²) in [5.74, 6) is -1.15. The molecule has 0 aromatic heterocycles. The van der Waals surface area contributed by atoms with Crippen LogP contribution in [0.5, 0.6) is 0 Å². The average molecular weight is 392 g/mol. The Morgan fingerprint density at radius 1 is 1.14 bits per heavy atom. The van der Waals surface area contributed by atoms with E-state index in [1.54, 1.807) is 24.3 Å². The topological polar surface area (TPSA) is 129 Å². The normalized spacial score (nSPS) is 14.2. The van der Waals surface area contributed by atoms with E-state index in [1.807, 2.05) is 0 Å². The zero-order chi connectivity index (χ0) is 19.8. The first-order chi connectivity index (χ1) is 13.4. The van der Waals surface area contributed by atoms with Gasteiger partial charge in [0.1, 0.15) is 4.66 Å². The summed E-state index contributed by atoms with van der Waals surface area (Å²) in [4.78, 5) is 38.6. The number of nitrogens with one attached hydrogen (secondary N) is 2. The van der Waals surface area contributed by atoms with E-state index >= 15 is 0 Å². The van der Waals surface area contributed by atoms with Crippen LogP contribution in [0.2, 0.25) is 0 Å². The van der Waals surface area contributed by atoms with Crippen LogP contribution in [0, 0.1) is 5.41 Å². The van der Waals surface area contributed by atoms with Crippen molar-refractivity contribution in [2.45, 2.75) is 0 Å². The first kappa shape index (κ1) is 17.6. The number of benzene rings is 1. The Morgan fingerprint density at radius 3 is 2.46 bits per heavy atom. The lowest BCUT2D eigenvalue weighted by Gasteiger charge is -2.00. The molecule has 0 saturated heterocycles. The molecular formula is C19H12N4O4S. The second-order valence-electron chi connectivity index (χ2n) is 5.94. The highest BCUT2D eigenvalue weighted by Gasteiger charge is 2.12. The first-order valence-electron chi connectivity index (χ1n) is 8.08. The number of hydrogen-bond acceptors (Lipinski definition) is 6. The third-order valence-electron chi connectivity index (χ3n) is 4.09. The third-order valence-corrected chi connectivity index (χ3v) is 5.08. The van der Waals surface area contributed by atoms with Crippen LogP contribution in [0.4, 0.5) is 0 Å². The van der Waals surface area contributed by atoms with Gasteiger partial charge in [0.2, 0.25) is 5.13 Å². The molecule has 0 spiro atoms. The lowest BCUT2D eigenvalue weighted by atomic mass is 10.1. The van der Waals surface area contributed by atoms with Gasteiger partial charge in [0, 0.05) is 5.57 Å². The van der Waals surface area contributed by atoms with Gasteiger partial charge in [0.25, 0.3) is 5.56 Å². The number of fused-ring (bicyclic) bond motifs is 1. The van der Waals surface area contributed by atoms with Gasteiger partial charge < -0.3 is 5.11 Å². The van der Waals surface area contributed by atoms with Crippen molar-refractivity contribution < 1.29 is 14.7 Å². The standard InChI is InChI=1S/C19H12N4O4S/c20-15-14(9-10-1-3-12(4-2-10)18(26)27)16(25)21-19-23(15)22-17(28-19)11-5-7-13(24)8-6-11/h1-9,20,22H,(H,26,27).